The van der Waals surface area contributed by atoms with Crippen LogP contribution < -0.4 is 15.4 Å². The number of rotatable bonds is 10. The van der Waals surface area contributed by atoms with Crippen LogP contribution in [0.3, 0.4) is 0 Å². The van der Waals surface area contributed by atoms with Crippen molar-refractivity contribution in [2.45, 2.75) is 38.7 Å². The Morgan fingerprint density at radius 2 is 2.12 bits per heavy atom. The van der Waals surface area contributed by atoms with Gasteiger partial charge < -0.3 is 20.1 Å². The maximum atomic E-state index is 13.2. The number of esters is 1. The summed E-state index contributed by atoms with van der Waals surface area (Å²) >= 11 is 0. The van der Waals surface area contributed by atoms with Crippen molar-refractivity contribution in [1.29, 1.82) is 0 Å². The summed E-state index contributed by atoms with van der Waals surface area (Å²) in [6, 6.07) is 6.12. The molecule has 0 fully saturated rings. The number of hydrogen-bond acceptors (Lipinski definition) is 4. The Labute approximate surface area is 148 Å². The molecular formula is C18H28FN3O3. The average Bonchev–Trinajstić information content (AvgIpc) is 2.62. The Morgan fingerprint density at radius 3 is 2.76 bits per heavy atom. The maximum Gasteiger partial charge on any atom is 0.305 e. The van der Waals surface area contributed by atoms with Gasteiger partial charge >= 0.3 is 5.97 Å². The van der Waals surface area contributed by atoms with Gasteiger partial charge in [0, 0.05) is 26.1 Å². The summed E-state index contributed by atoms with van der Waals surface area (Å²) in [4.78, 5) is 15.2. The average molecular weight is 353 g/mol. The van der Waals surface area contributed by atoms with Gasteiger partial charge in [-0.2, -0.15) is 0 Å². The van der Waals surface area contributed by atoms with E-state index in [1.807, 2.05) is 6.92 Å². The molecule has 0 aromatic heterocycles. The highest BCUT2D eigenvalue weighted by Gasteiger charge is 2.10. The van der Waals surface area contributed by atoms with E-state index in [4.69, 9.17) is 4.74 Å². The summed E-state index contributed by atoms with van der Waals surface area (Å²) in [5.41, 5.74) is 0. The molecule has 1 aromatic rings. The highest BCUT2D eigenvalue weighted by molar-refractivity contribution is 5.79. The molecule has 140 valence electrons. The third-order valence-corrected chi connectivity index (χ3v) is 3.60. The Morgan fingerprint density at radius 1 is 1.32 bits per heavy atom. The van der Waals surface area contributed by atoms with Crippen molar-refractivity contribution in [3.05, 3.63) is 30.1 Å². The van der Waals surface area contributed by atoms with Crippen molar-refractivity contribution in [2.75, 3.05) is 27.2 Å². The van der Waals surface area contributed by atoms with Gasteiger partial charge in [0.2, 0.25) is 0 Å². The summed E-state index contributed by atoms with van der Waals surface area (Å²) in [5.74, 6) is 0.673. The van der Waals surface area contributed by atoms with E-state index in [1.54, 1.807) is 19.2 Å². The minimum atomic E-state index is -0.315. The third-order valence-electron chi connectivity index (χ3n) is 3.60. The van der Waals surface area contributed by atoms with E-state index in [0.29, 0.717) is 31.2 Å². The van der Waals surface area contributed by atoms with Crippen LogP contribution in [0.4, 0.5) is 4.39 Å². The Hall–Kier alpha value is -2.31. The van der Waals surface area contributed by atoms with E-state index in [0.717, 1.165) is 19.3 Å². The van der Waals surface area contributed by atoms with Gasteiger partial charge in [-0.05, 0) is 31.4 Å². The van der Waals surface area contributed by atoms with Gasteiger partial charge in [0.1, 0.15) is 17.7 Å². The van der Waals surface area contributed by atoms with Gasteiger partial charge in [-0.15, -0.1) is 0 Å². The van der Waals surface area contributed by atoms with Crippen LogP contribution in [0, 0.1) is 5.82 Å². The Bertz CT molecular complexity index is 552. The number of aliphatic imine (C=N–C) groups is 1. The zero-order valence-electron chi connectivity index (χ0n) is 15.2. The molecule has 1 rings (SSSR count). The first-order chi connectivity index (χ1) is 12.1. The number of hydrogen-bond donors (Lipinski definition) is 2. The molecule has 0 amide bonds. The molecule has 7 heteroatoms. The van der Waals surface area contributed by atoms with Crippen LogP contribution in [0.15, 0.2) is 29.3 Å². The highest BCUT2D eigenvalue weighted by atomic mass is 19.1. The smallest absolute Gasteiger partial charge is 0.305 e. The lowest BCUT2D eigenvalue weighted by molar-refractivity contribution is -0.140. The van der Waals surface area contributed by atoms with E-state index < -0.39 is 0 Å². The normalized spacial score (nSPS) is 12.4. The molecular weight excluding hydrogens is 325 g/mol. The van der Waals surface area contributed by atoms with Crippen LogP contribution in [0.25, 0.3) is 0 Å². The zero-order valence-corrected chi connectivity index (χ0v) is 15.2. The third kappa shape index (κ3) is 8.93. The molecule has 0 radical (unpaired) electrons. The summed E-state index contributed by atoms with van der Waals surface area (Å²) in [6.45, 7) is 3.27. The molecule has 0 aliphatic heterocycles. The van der Waals surface area contributed by atoms with Crippen LogP contribution >= 0.6 is 0 Å². The second-order valence-corrected chi connectivity index (χ2v) is 5.52. The van der Waals surface area contributed by atoms with Crippen LogP contribution in [0.2, 0.25) is 0 Å². The van der Waals surface area contributed by atoms with Gasteiger partial charge in [-0.3, -0.25) is 9.79 Å². The van der Waals surface area contributed by atoms with Gasteiger partial charge in [-0.1, -0.05) is 13.0 Å². The predicted molar refractivity (Wildman–Crippen MR) is 96.3 cm³/mol. The topological polar surface area (TPSA) is 72.0 Å². The number of benzene rings is 1. The van der Waals surface area contributed by atoms with E-state index >= 15 is 0 Å². The van der Waals surface area contributed by atoms with Gasteiger partial charge in [0.25, 0.3) is 0 Å². The number of carbonyl (C=O) groups excluding carboxylic acids is 1. The molecule has 6 nitrogen and oxygen atoms in total. The first-order valence-corrected chi connectivity index (χ1v) is 8.52. The van der Waals surface area contributed by atoms with E-state index in [-0.39, 0.29) is 17.9 Å². The van der Waals surface area contributed by atoms with Crippen molar-refractivity contribution in [3.8, 4) is 5.75 Å². The van der Waals surface area contributed by atoms with Crippen molar-refractivity contribution in [2.24, 2.45) is 4.99 Å². The van der Waals surface area contributed by atoms with Crippen molar-refractivity contribution in [3.63, 3.8) is 0 Å². The molecule has 0 saturated heterocycles. The fourth-order valence-electron chi connectivity index (χ4n) is 2.14. The first kappa shape index (κ1) is 20.7. The zero-order chi connectivity index (χ0) is 18.5. The number of guanidine groups is 1. The minimum Gasteiger partial charge on any atom is -0.489 e. The summed E-state index contributed by atoms with van der Waals surface area (Å²) in [7, 11) is 3.08. The minimum absolute atomic E-state index is 0.0975. The predicted octanol–water partition coefficient (Wildman–Crippen LogP) is 2.49. The standard InChI is InChI=1S/C18H28FN3O3/c1-4-15(25-16-9-7-8-14(19)12-16)13-22-18(20-2)21-11-6-5-10-17(23)24-3/h7-9,12,15H,4-6,10-11,13H2,1-3H3,(H2,20,21,22). The van der Waals surface area contributed by atoms with Gasteiger partial charge in [-0.25, -0.2) is 4.39 Å². The number of ether oxygens (including phenoxy) is 2. The van der Waals surface area contributed by atoms with Crippen LogP contribution in [0.1, 0.15) is 32.6 Å². The number of nitrogens with zero attached hydrogens (tertiary/aromatic N) is 1. The number of carbonyl (C=O) groups is 1. The van der Waals surface area contributed by atoms with Crippen LogP contribution in [-0.2, 0) is 9.53 Å². The van der Waals surface area contributed by atoms with Crippen molar-refractivity contribution < 1.29 is 18.7 Å². The molecule has 1 unspecified atom stereocenters. The molecule has 2 N–H and O–H groups in total. The number of unbranched alkanes of at least 4 members (excludes halogenated alkanes) is 1. The number of nitrogens with one attached hydrogen (secondary N) is 2. The van der Waals surface area contributed by atoms with Crippen molar-refractivity contribution in [1.82, 2.24) is 10.6 Å². The van der Waals surface area contributed by atoms with Gasteiger partial charge in [0.15, 0.2) is 5.96 Å². The molecule has 25 heavy (non-hydrogen) atoms. The molecule has 0 aliphatic rings. The van der Waals surface area contributed by atoms with E-state index in [2.05, 4.69) is 20.4 Å². The number of methoxy groups -OCH3 is 1. The molecule has 0 heterocycles. The fourth-order valence-corrected chi connectivity index (χ4v) is 2.14. The Balaban J connectivity index is 2.30. The highest BCUT2D eigenvalue weighted by Crippen LogP contribution is 2.14. The maximum absolute atomic E-state index is 13.2. The molecule has 0 spiro atoms. The fraction of sp³-hybridized carbons (Fsp3) is 0.556. The Kier molecular flexibility index (Phi) is 10.0. The SMILES string of the molecule is CCC(CNC(=NC)NCCCCC(=O)OC)Oc1cccc(F)c1. The first-order valence-electron chi connectivity index (χ1n) is 8.52. The lowest BCUT2D eigenvalue weighted by atomic mass is 10.2. The monoisotopic (exact) mass is 353 g/mol. The molecule has 0 aliphatic carbocycles. The number of halogens is 1. The molecule has 0 saturated carbocycles. The second kappa shape index (κ2) is 12.1. The summed E-state index contributed by atoms with van der Waals surface area (Å²) < 4.78 is 23.6. The lowest BCUT2D eigenvalue weighted by Crippen LogP contribution is -2.42. The lowest BCUT2D eigenvalue weighted by Gasteiger charge is -2.20. The van der Waals surface area contributed by atoms with E-state index in [9.17, 15) is 9.18 Å². The van der Waals surface area contributed by atoms with Gasteiger partial charge in [0.05, 0.1) is 13.7 Å². The molecule has 0 bridgehead atoms. The summed E-state index contributed by atoms with van der Waals surface area (Å²) in [6.07, 6.45) is 2.70. The van der Waals surface area contributed by atoms with Crippen LogP contribution in [0.5, 0.6) is 5.75 Å². The molecule has 1 atom stereocenters. The van der Waals surface area contributed by atoms with E-state index in [1.165, 1.54) is 19.2 Å². The largest absolute Gasteiger partial charge is 0.489 e. The van der Waals surface area contributed by atoms with Crippen LogP contribution in [-0.4, -0.2) is 45.3 Å². The quantitative estimate of drug-likeness (QED) is 0.293. The molecule has 1 aromatic carbocycles. The van der Waals surface area contributed by atoms with Crippen molar-refractivity contribution >= 4 is 11.9 Å². The summed E-state index contributed by atoms with van der Waals surface area (Å²) in [5, 5.41) is 6.38. The second-order valence-electron chi connectivity index (χ2n) is 5.52.